The SMILES string of the molecule is CCOC(=O)c1ccc2c(c1)[C@@H]1C=CC[C@@H]1[C@@H](c1cccc(C(F)(F)F)c1)N2. The minimum absolute atomic E-state index is 0.0465. The van der Waals surface area contributed by atoms with Gasteiger partial charge in [-0.25, -0.2) is 4.79 Å². The van der Waals surface area contributed by atoms with Crippen LogP contribution in [0, 0.1) is 5.92 Å². The summed E-state index contributed by atoms with van der Waals surface area (Å²) in [5, 5.41) is 3.40. The summed E-state index contributed by atoms with van der Waals surface area (Å²) in [6, 6.07) is 10.6. The number of anilines is 1. The zero-order valence-electron chi connectivity index (χ0n) is 15.3. The molecule has 0 spiro atoms. The van der Waals surface area contributed by atoms with Crippen LogP contribution in [0.1, 0.15) is 52.4 Å². The standard InChI is InChI=1S/C22H20F3NO2/c1-2-28-21(27)14-9-10-19-18(12-14)16-7-4-8-17(16)20(26-19)13-5-3-6-15(11-13)22(23,24)25/h3-7,9-12,16-17,20,26H,2,8H2,1H3/t16-,17+,20-/m1/s1. The second-order valence-corrected chi connectivity index (χ2v) is 7.12. The molecule has 2 aromatic carbocycles. The van der Waals surface area contributed by atoms with E-state index in [-0.39, 0.29) is 23.8 Å². The molecule has 1 heterocycles. The van der Waals surface area contributed by atoms with Crippen molar-refractivity contribution in [2.45, 2.75) is 31.5 Å². The average molecular weight is 387 g/mol. The fourth-order valence-corrected chi connectivity index (χ4v) is 4.17. The minimum atomic E-state index is -4.37. The van der Waals surface area contributed by atoms with Crippen LogP contribution in [0.5, 0.6) is 0 Å². The maximum absolute atomic E-state index is 13.1. The van der Waals surface area contributed by atoms with E-state index < -0.39 is 11.7 Å². The molecule has 1 aliphatic heterocycles. The highest BCUT2D eigenvalue weighted by molar-refractivity contribution is 5.90. The summed E-state index contributed by atoms with van der Waals surface area (Å²) in [7, 11) is 0. The van der Waals surface area contributed by atoms with Crippen LogP contribution in [0.3, 0.4) is 0 Å². The highest BCUT2D eigenvalue weighted by Crippen LogP contribution is 2.50. The maximum Gasteiger partial charge on any atom is 0.416 e. The number of ether oxygens (including phenoxy) is 1. The molecule has 146 valence electrons. The summed E-state index contributed by atoms with van der Waals surface area (Å²) in [5.41, 5.74) is 2.28. The van der Waals surface area contributed by atoms with Gasteiger partial charge in [0, 0.05) is 11.6 Å². The number of nitrogens with one attached hydrogen (secondary N) is 1. The minimum Gasteiger partial charge on any atom is -0.462 e. The molecule has 2 aliphatic rings. The first-order valence-corrected chi connectivity index (χ1v) is 9.30. The van der Waals surface area contributed by atoms with Gasteiger partial charge >= 0.3 is 12.1 Å². The lowest BCUT2D eigenvalue weighted by atomic mass is 9.76. The van der Waals surface area contributed by atoms with E-state index in [1.807, 2.05) is 12.1 Å². The first-order valence-electron chi connectivity index (χ1n) is 9.30. The summed E-state index contributed by atoms with van der Waals surface area (Å²) in [6.45, 7) is 2.06. The number of benzene rings is 2. The number of hydrogen-bond donors (Lipinski definition) is 1. The van der Waals surface area contributed by atoms with Gasteiger partial charge in [-0.05, 0) is 60.7 Å². The van der Waals surface area contributed by atoms with Gasteiger partial charge in [-0.15, -0.1) is 0 Å². The van der Waals surface area contributed by atoms with Crippen LogP contribution in [0.15, 0.2) is 54.6 Å². The van der Waals surface area contributed by atoms with Crippen molar-refractivity contribution in [3.63, 3.8) is 0 Å². The Morgan fingerprint density at radius 1 is 1.21 bits per heavy atom. The molecule has 0 aromatic heterocycles. The predicted molar refractivity (Wildman–Crippen MR) is 100 cm³/mol. The topological polar surface area (TPSA) is 38.3 Å². The molecular weight excluding hydrogens is 367 g/mol. The van der Waals surface area contributed by atoms with Crippen molar-refractivity contribution in [1.29, 1.82) is 0 Å². The van der Waals surface area contributed by atoms with Crippen LogP contribution in [0.4, 0.5) is 18.9 Å². The zero-order valence-corrected chi connectivity index (χ0v) is 15.3. The third-order valence-corrected chi connectivity index (χ3v) is 5.45. The van der Waals surface area contributed by atoms with Crippen molar-refractivity contribution >= 4 is 11.7 Å². The number of fused-ring (bicyclic) bond motifs is 3. The summed E-state index contributed by atoms with van der Waals surface area (Å²) in [4.78, 5) is 12.1. The second kappa shape index (κ2) is 7.00. The van der Waals surface area contributed by atoms with Crippen molar-refractivity contribution < 1.29 is 22.7 Å². The first-order chi connectivity index (χ1) is 13.4. The Balaban J connectivity index is 1.71. The summed E-state index contributed by atoms with van der Waals surface area (Å²) in [6.07, 6.45) is 0.537. The zero-order chi connectivity index (χ0) is 19.9. The smallest absolute Gasteiger partial charge is 0.416 e. The quantitative estimate of drug-likeness (QED) is 0.542. The van der Waals surface area contributed by atoms with Gasteiger partial charge < -0.3 is 10.1 Å². The van der Waals surface area contributed by atoms with Crippen molar-refractivity contribution in [3.8, 4) is 0 Å². The van der Waals surface area contributed by atoms with Crippen molar-refractivity contribution in [1.82, 2.24) is 0 Å². The van der Waals surface area contributed by atoms with Gasteiger partial charge in [0.2, 0.25) is 0 Å². The molecule has 0 fully saturated rings. The van der Waals surface area contributed by atoms with Crippen molar-refractivity contribution in [3.05, 3.63) is 76.9 Å². The van der Waals surface area contributed by atoms with E-state index in [0.29, 0.717) is 17.7 Å². The molecule has 3 nitrogen and oxygen atoms in total. The largest absolute Gasteiger partial charge is 0.462 e. The lowest BCUT2D eigenvalue weighted by molar-refractivity contribution is -0.137. The average Bonchev–Trinajstić information content (AvgIpc) is 3.17. The lowest BCUT2D eigenvalue weighted by Crippen LogP contribution is -2.29. The monoisotopic (exact) mass is 387 g/mol. The van der Waals surface area contributed by atoms with Crippen LogP contribution >= 0.6 is 0 Å². The Kier molecular flexibility index (Phi) is 4.65. The molecule has 0 saturated carbocycles. The van der Waals surface area contributed by atoms with E-state index >= 15 is 0 Å². The lowest BCUT2D eigenvalue weighted by Gasteiger charge is -2.38. The number of allylic oxidation sites excluding steroid dienone is 2. The number of alkyl halides is 3. The molecule has 4 rings (SSSR count). The summed E-state index contributed by atoms with van der Waals surface area (Å²) < 4.78 is 44.5. The predicted octanol–water partition coefficient (Wildman–Crippen LogP) is 5.71. The van der Waals surface area contributed by atoms with Gasteiger partial charge in [0.05, 0.1) is 23.8 Å². The molecule has 2 aromatic rings. The Morgan fingerprint density at radius 2 is 2.04 bits per heavy atom. The number of carbonyl (C=O) groups excluding carboxylic acids is 1. The van der Waals surface area contributed by atoms with E-state index in [1.54, 1.807) is 19.1 Å². The number of rotatable bonds is 3. The summed E-state index contributed by atoms with van der Waals surface area (Å²) in [5.74, 6) is -0.234. The van der Waals surface area contributed by atoms with Crippen LogP contribution < -0.4 is 5.32 Å². The fourth-order valence-electron chi connectivity index (χ4n) is 4.17. The van der Waals surface area contributed by atoms with E-state index in [1.165, 1.54) is 12.1 Å². The first kappa shape index (κ1) is 18.6. The Morgan fingerprint density at radius 3 is 2.79 bits per heavy atom. The van der Waals surface area contributed by atoms with Gasteiger partial charge in [0.1, 0.15) is 0 Å². The summed E-state index contributed by atoms with van der Waals surface area (Å²) >= 11 is 0. The molecule has 6 heteroatoms. The third-order valence-electron chi connectivity index (χ3n) is 5.45. The maximum atomic E-state index is 13.1. The molecule has 0 unspecified atom stereocenters. The van der Waals surface area contributed by atoms with E-state index in [9.17, 15) is 18.0 Å². The molecule has 1 aliphatic carbocycles. The second-order valence-electron chi connectivity index (χ2n) is 7.12. The van der Waals surface area contributed by atoms with Gasteiger partial charge in [-0.2, -0.15) is 13.2 Å². The van der Waals surface area contributed by atoms with Gasteiger partial charge in [-0.3, -0.25) is 0 Å². The Hall–Kier alpha value is -2.76. The van der Waals surface area contributed by atoms with Crippen LogP contribution in [-0.4, -0.2) is 12.6 Å². The normalized spacial score (nSPS) is 22.9. The van der Waals surface area contributed by atoms with E-state index in [2.05, 4.69) is 17.5 Å². The number of esters is 1. The molecule has 1 N–H and O–H groups in total. The molecule has 3 atom stereocenters. The molecule has 0 saturated heterocycles. The molecule has 0 amide bonds. The number of hydrogen-bond acceptors (Lipinski definition) is 3. The third kappa shape index (κ3) is 3.28. The van der Waals surface area contributed by atoms with Crippen molar-refractivity contribution in [2.75, 3.05) is 11.9 Å². The van der Waals surface area contributed by atoms with Crippen LogP contribution in [-0.2, 0) is 10.9 Å². The van der Waals surface area contributed by atoms with Crippen molar-refractivity contribution in [2.24, 2.45) is 5.92 Å². The highest BCUT2D eigenvalue weighted by Gasteiger charge is 2.39. The molecule has 0 bridgehead atoms. The molecular formula is C22H20F3NO2. The highest BCUT2D eigenvalue weighted by atomic mass is 19.4. The van der Waals surface area contributed by atoms with E-state index in [0.717, 1.165) is 23.7 Å². The van der Waals surface area contributed by atoms with Crippen LogP contribution in [0.2, 0.25) is 0 Å². The van der Waals surface area contributed by atoms with Gasteiger partial charge in [-0.1, -0.05) is 24.3 Å². The number of carbonyl (C=O) groups is 1. The number of halogens is 3. The van der Waals surface area contributed by atoms with E-state index in [4.69, 9.17) is 4.74 Å². The van der Waals surface area contributed by atoms with Gasteiger partial charge in [0.15, 0.2) is 0 Å². The Bertz CT molecular complexity index is 936. The Labute approximate surface area is 161 Å². The van der Waals surface area contributed by atoms with Gasteiger partial charge in [0.25, 0.3) is 0 Å². The fraction of sp³-hybridized carbons (Fsp3) is 0.318. The van der Waals surface area contributed by atoms with Crippen LogP contribution in [0.25, 0.3) is 0 Å². The molecule has 0 radical (unpaired) electrons. The molecule has 28 heavy (non-hydrogen) atoms.